The van der Waals surface area contributed by atoms with E-state index < -0.39 is 18.9 Å². The summed E-state index contributed by atoms with van der Waals surface area (Å²) in [6.45, 7) is -0.627. The number of amides is 1. The fourth-order valence-corrected chi connectivity index (χ4v) is 1.38. The van der Waals surface area contributed by atoms with Crippen molar-refractivity contribution in [1.29, 1.82) is 0 Å². The first-order chi connectivity index (χ1) is 6.50. The molecule has 8 heteroatoms. The molecule has 0 aliphatic rings. The molecule has 78 valence electrons. The number of hydrogen-bond acceptors (Lipinski definition) is 5. The maximum Gasteiger partial charge on any atom is 0.284 e. The number of alkyl halides is 2. The molecular weight excluding hydrogens is 214 g/mol. The average molecular weight is 222 g/mol. The summed E-state index contributed by atoms with van der Waals surface area (Å²) in [4.78, 5) is 12.2. The molecule has 1 aromatic heterocycles. The minimum Gasteiger partial charge on any atom is -0.374 e. The number of aromatic nitrogens is 2. The van der Waals surface area contributed by atoms with Crippen molar-refractivity contribution in [3.05, 3.63) is 5.01 Å². The van der Waals surface area contributed by atoms with Crippen LogP contribution in [0, 0.1) is 0 Å². The minimum atomic E-state index is -2.56. The third-order valence-corrected chi connectivity index (χ3v) is 2.12. The molecule has 0 atom stereocenters. The van der Waals surface area contributed by atoms with Crippen LogP contribution < -0.4 is 5.73 Å². The van der Waals surface area contributed by atoms with E-state index in [9.17, 15) is 13.6 Å². The summed E-state index contributed by atoms with van der Waals surface area (Å²) in [5, 5.41) is 7.02. The molecule has 5 nitrogen and oxygen atoms in total. The summed E-state index contributed by atoms with van der Waals surface area (Å²) >= 11 is 0.871. The molecule has 0 fully saturated rings. The molecule has 0 radical (unpaired) electrons. The van der Waals surface area contributed by atoms with Crippen LogP contribution in [0.15, 0.2) is 0 Å². The molecule has 0 aromatic carbocycles. The number of carbonyl (C=O) groups is 1. The lowest BCUT2D eigenvalue weighted by molar-refractivity contribution is 0.0619. The lowest BCUT2D eigenvalue weighted by Crippen LogP contribution is -2.31. The normalized spacial score (nSPS) is 10.6. The van der Waals surface area contributed by atoms with Crippen molar-refractivity contribution in [2.45, 2.75) is 6.43 Å². The lowest BCUT2D eigenvalue weighted by atomic mass is 10.5. The Balaban J connectivity index is 2.65. The van der Waals surface area contributed by atoms with Gasteiger partial charge in [0.15, 0.2) is 0 Å². The van der Waals surface area contributed by atoms with Crippen LogP contribution in [0.1, 0.15) is 9.80 Å². The van der Waals surface area contributed by atoms with E-state index in [1.165, 1.54) is 7.05 Å². The van der Waals surface area contributed by atoms with Crippen molar-refractivity contribution >= 4 is 22.4 Å². The topological polar surface area (TPSA) is 72.1 Å². The van der Waals surface area contributed by atoms with Crippen molar-refractivity contribution in [3.63, 3.8) is 0 Å². The molecule has 14 heavy (non-hydrogen) atoms. The SMILES string of the molecule is CN(CC(F)F)C(=O)c1nnc(N)s1. The van der Waals surface area contributed by atoms with Crippen LogP contribution in [0.4, 0.5) is 13.9 Å². The molecule has 0 bridgehead atoms. The standard InChI is InChI=1S/C6H8F2N4OS/c1-12(2-3(7)8)5(13)4-10-11-6(9)14-4/h3H,2H2,1H3,(H2,9,11). The van der Waals surface area contributed by atoms with Gasteiger partial charge in [-0.15, -0.1) is 10.2 Å². The average Bonchev–Trinajstić information content (AvgIpc) is 2.49. The van der Waals surface area contributed by atoms with Gasteiger partial charge in [-0.3, -0.25) is 4.79 Å². The Morgan fingerprint density at radius 3 is 2.71 bits per heavy atom. The number of anilines is 1. The second-order valence-electron chi connectivity index (χ2n) is 2.52. The number of nitrogens with two attached hydrogens (primary N) is 1. The summed E-state index contributed by atoms with van der Waals surface area (Å²) < 4.78 is 23.8. The van der Waals surface area contributed by atoms with Crippen LogP contribution in [0.25, 0.3) is 0 Å². The van der Waals surface area contributed by atoms with Gasteiger partial charge in [-0.2, -0.15) is 0 Å². The van der Waals surface area contributed by atoms with Gasteiger partial charge >= 0.3 is 0 Å². The van der Waals surface area contributed by atoms with Crippen LogP contribution >= 0.6 is 11.3 Å². The maximum atomic E-state index is 11.9. The highest BCUT2D eigenvalue weighted by Crippen LogP contribution is 2.13. The highest BCUT2D eigenvalue weighted by atomic mass is 32.1. The molecule has 0 saturated carbocycles. The molecule has 0 spiro atoms. The first-order valence-electron chi connectivity index (χ1n) is 3.63. The zero-order valence-electron chi connectivity index (χ0n) is 7.28. The van der Waals surface area contributed by atoms with Gasteiger partial charge in [0.1, 0.15) is 0 Å². The van der Waals surface area contributed by atoms with E-state index in [2.05, 4.69) is 10.2 Å². The Morgan fingerprint density at radius 1 is 1.64 bits per heavy atom. The van der Waals surface area contributed by atoms with E-state index in [4.69, 9.17) is 5.73 Å². The van der Waals surface area contributed by atoms with Crippen molar-refractivity contribution in [3.8, 4) is 0 Å². The van der Waals surface area contributed by atoms with E-state index in [0.717, 1.165) is 16.2 Å². The van der Waals surface area contributed by atoms with Crippen LogP contribution in [0.5, 0.6) is 0 Å². The second-order valence-corrected chi connectivity index (χ2v) is 3.53. The lowest BCUT2D eigenvalue weighted by Gasteiger charge is -2.13. The largest absolute Gasteiger partial charge is 0.374 e. The number of hydrogen-bond donors (Lipinski definition) is 1. The van der Waals surface area contributed by atoms with Crippen molar-refractivity contribution < 1.29 is 13.6 Å². The van der Waals surface area contributed by atoms with Gasteiger partial charge in [-0.1, -0.05) is 11.3 Å². The number of carbonyl (C=O) groups excluding carboxylic acids is 1. The van der Waals surface area contributed by atoms with Gasteiger partial charge in [0, 0.05) is 7.05 Å². The van der Waals surface area contributed by atoms with Crippen LogP contribution in [0.3, 0.4) is 0 Å². The molecule has 0 aliphatic heterocycles. The van der Waals surface area contributed by atoms with Crippen LogP contribution in [-0.2, 0) is 0 Å². The number of nitrogens with zero attached hydrogens (tertiary/aromatic N) is 3. The van der Waals surface area contributed by atoms with Crippen molar-refractivity contribution in [2.75, 3.05) is 19.3 Å². The quantitative estimate of drug-likeness (QED) is 0.806. The van der Waals surface area contributed by atoms with E-state index in [-0.39, 0.29) is 10.1 Å². The summed E-state index contributed by atoms with van der Waals surface area (Å²) in [7, 11) is 1.27. The molecular formula is C6H8F2N4OS. The van der Waals surface area contributed by atoms with Gasteiger partial charge in [-0.05, 0) is 0 Å². The Hall–Kier alpha value is -1.31. The number of halogens is 2. The summed E-state index contributed by atoms with van der Waals surface area (Å²) in [6.07, 6.45) is -2.56. The Labute approximate surface area is 82.5 Å². The van der Waals surface area contributed by atoms with Crippen molar-refractivity contribution in [2.24, 2.45) is 0 Å². The maximum absolute atomic E-state index is 11.9. The van der Waals surface area contributed by atoms with E-state index in [1.807, 2.05) is 0 Å². The zero-order chi connectivity index (χ0) is 10.7. The zero-order valence-corrected chi connectivity index (χ0v) is 8.09. The van der Waals surface area contributed by atoms with Crippen molar-refractivity contribution in [1.82, 2.24) is 15.1 Å². The van der Waals surface area contributed by atoms with Gasteiger partial charge in [0.2, 0.25) is 10.1 Å². The summed E-state index contributed by atoms with van der Waals surface area (Å²) in [5.74, 6) is -0.598. The molecule has 0 unspecified atom stereocenters. The predicted molar refractivity (Wildman–Crippen MR) is 47.3 cm³/mol. The van der Waals surface area contributed by atoms with Gasteiger partial charge in [0.25, 0.3) is 12.3 Å². The molecule has 1 heterocycles. The Kier molecular flexibility index (Phi) is 3.28. The minimum absolute atomic E-state index is 0.0191. The third kappa shape index (κ3) is 2.59. The van der Waals surface area contributed by atoms with Crippen LogP contribution in [0.2, 0.25) is 0 Å². The fraction of sp³-hybridized carbons (Fsp3) is 0.500. The smallest absolute Gasteiger partial charge is 0.284 e. The number of nitrogen functional groups attached to an aromatic ring is 1. The first-order valence-corrected chi connectivity index (χ1v) is 4.45. The fourth-order valence-electron chi connectivity index (χ4n) is 0.774. The van der Waals surface area contributed by atoms with E-state index in [1.54, 1.807) is 0 Å². The monoisotopic (exact) mass is 222 g/mol. The Bertz CT molecular complexity index is 329. The molecule has 2 N–H and O–H groups in total. The molecule has 1 amide bonds. The summed E-state index contributed by atoms with van der Waals surface area (Å²) in [5.41, 5.74) is 5.24. The number of rotatable bonds is 3. The first kappa shape index (κ1) is 10.8. The third-order valence-electron chi connectivity index (χ3n) is 1.38. The second kappa shape index (κ2) is 4.27. The molecule has 0 saturated heterocycles. The van der Waals surface area contributed by atoms with Gasteiger partial charge in [-0.25, -0.2) is 8.78 Å². The van der Waals surface area contributed by atoms with E-state index >= 15 is 0 Å². The molecule has 1 aromatic rings. The Morgan fingerprint density at radius 2 is 2.29 bits per heavy atom. The van der Waals surface area contributed by atoms with E-state index in [0.29, 0.717) is 0 Å². The summed E-state index contributed by atoms with van der Waals surface area (Å²) in [6, 6.07) is 0. The van der Waals surface area contributed by atoms with Gasteiger partial charge in [0.05, 0.1) is 6.54 Å². The molecule has 0 aliphatic carbocycles. The highest BCUT2D eigenvalue weighted by Gasteiger charge is 2.19. The highest BCUT2D eigenvalue weighted by molar-refractivity contribution is 7.16. The van der Waals surface area contributed by atoms with Gasteiger partial charge < -0.3 is 10.6 Å². The molecule has 1 rings (SSSR count). The van der Waals surface area contributed by atoms with Crippen LogP contribution in [-0.4, -0.2) is 41.0 Å². The predicted octanol–water partition coefficient (Wildman–Crippen LogP) is 0.457.